The number of hydrogen-bond donors (Lipinski definition) is 0. The van der Waals surface area contributed by atoms with E-state index in [0.29, 0.717) is 11.6 Å². The molecule has 0 fully saturated rings. The highest BCUT2D eigenvalue weighted by Crippen LogP contribution is 2.17. The molecule has 0 spiro atoms. The molecule has 0 aliphatic carbocycles. The first-order chi connectivity index (χ1) is 7.83. The van der Waals surface area contributed by atoms with Crippen molar-refractivity contribution in [1.82, 2.24) is 14.7 Å². The second-order valence-corrected chi connectivity index (χ2v) is 5.08. The van der Waals surface area contributed by atoms with Gasteiger partial charge in [0, 0.05) is 20.0 Å². The average molecular weight is 258 g/mol. The highest BCUT2D eigenvalue weighted by Gasteiger charge is 2.29. The summed E-state index contributed by atoms with van der Waals surface area (Å²) in [6, 6.07) is 1.84. The van der Waals surface area contributed by atoms with Gasteiger partial charge in [-0.05, 0) is 26.3 Å². The lowest BCUT2D eigenvalue weighted by atomic mass is 10.1. The fraction of sp³-hybridized carbons (Fsp3) is 0.667. The molecule has 96 valence electrons. The Morgan fingerprint density at radius 1 is 1.59 bits per heavy atom. The van der Waals surface area contributed by atoms with E-state index >= 15 is 0 Å². The molecule has 0 N–H and O–H groups in total. The van der Waals surface area contributed by atoms with E-state index in [1.165, 1.54) is 0 Å². The smallest absolute Gasteiger partial charge is 0.272 e. The number of halogens is 1. The van der Waals surface area contributed by atoms with Gasteiger partial charge in [0.25, 0.3) is 5.91 Å². The molecule has 0 radical (unpaired) electrons. The van der Waals surface area contributed by atoms with Gasteiger partial charge in [-0.15, -0.1) is 11.6 Å². The number of amides is 1. The normalized spacial score (nSPS) is 11.6. The van der Waals surface area contributed by atoms with Crippen LogP contribution in [0.4, 0.5) is 0 Å². The Morgan fingerprint density at radius 3 is 2.59 bits per heavy atom. The summed E-state index contributed by atoms with van der Waals surface area (Å²) in [5.74, 6) is 0.346. The van der Waals surface area contributed by atoms with Crippen LogP contribution in [0.25, 0.3) is 0 Å². The number of hydrogen-bond acceptors (Lipinski definition) is 2. The Balaban J connectivity index is 3.00. The minimum Gasteiger partial charge on any atom is -0.334 e. The Morgan fingerprint density at radius 2 is 2.18 bits per heavy atom. The monoisotopic (exact) mass is 257 g/mol. The van der Waals surface area contributed by atoms with Gasteiger partial charge < -0.3 is 4.90 Å². The first kappa shape index (κ1) is 14.0. The number of aromatic nitrogens is 2. The summed E-state index contributed by atoms with van der Waals surface area (Å²) < 4.78 is 1.63. The zero-order valence-electron chi connectivity index (χ0n) is 11.1. The third kappa shape index (κ3) is 2.80. The average Bonchev–Trinajstić information content (AvgIpc) is 2.68. The van der Waals surface area contributed by atoms with Gasteiger partial charge in [-0.3, -0.25) is 9.48 Å². The fourth-order valence-corrected chi connectivity index (χ4v) is 1.62. The van der Waals surface area contributed by atoms with Crippen LogP contribution in [0.3, 0.4) is 0 Å². The first-order valence-electron chi connectivity index (χ1n) is 5.70. The first-order valence-corrected chi connectivity index (χ1v) is 6.24. The van der Waals surface area contributed by atoms with Gasteiger partial charge in [-0.2, -0.15) is 5.10 Å². The molecule has 1 aromatic rings. The van der Waals surface area contributed by atoms with E-state index < -0.39 is 0 Å². The van der Waals surface area contributed by atoms with E-state index in [1.54, 1.807) is 23.7 Å². The van der Waals surface area contributed by atoms with E-state index in [2.05, 4.69) is 5.10 Å². The molecule has 0 saturated heterocycles. The zero-order chi connectivity index (χ0) is 13.2. The molecule has 1 amide bonds. The predicted octanol–water partition coefficient (Wildman–Crippen LogP) is 2.07. The summed E-state index contributed by atoms with van der Waals surface area (Å²) in [5, 5.41) is 4.28. The van der Waals surface area contributed by atoms with Crippen LogP contribution in [0.5, 0.6) is 0 Å². The van der Waals surface area contributed by atoms with Crippen molar-refractivity contribution in [3.05, 3.63) is 17.5 Å². The molecule has 5 heteroatoms. The summed E-state index contributed by atoms with van der Waals surface area (Å²) in [5.41, 5.74) is 1.16. The maximum atomic E-state index is 12.3. The van der Waals surface area contributed by atoms with Crippen LogP contribution in [-0.4, -0.2) is 39.1 Å². The van der Waals surface area contributed by atoms with E-state index in [0.717, 1.165) is 12.1 Å². The molecule has 0 atom stereocenters. The number of carbonyl (C=O) groups excluding carboxylic acids is 1. The van der Waals surface area contributed by atoms with Crippen LogP contribution in [0.15, 0.2) is 6.07 Å². The largest absolute Gasteiger partial charge is 0.334 e. The summed E-state index contributed by atoms with van der Waals surface area (Å²) in [7, 11) is 3.55. The number of carbonyl (C=O) groups is 1. The molecule has 1 heterocycles. The van der Waals surface area contributed by atoms with Crippen molar-refractivity contribution in [1.29, 1.82) is 0 Å². The second kappa shape index (κ2) is 5.08. The van der Waals surface area contributed by atoms with Crippen LogP contribution in [0.2, 0.25) is 0 Å². The van der Waals surface area contributed by atoms with E-state index in [4.69, 9.17) is 11.6 Å². The lowest BCUT2D eigenvalue weighted by Gasteiger charge is -2.33. The molecular weight excluding hydrogens is 238 g/mol. The van der Waals surface area contributed by atoms with E-state index in [9.17, 15) is 4.79 Å². The SMILES string of the molecule is CCc1cc(C(=O)N(C)C(C)(C)CCl)n(C)n1. The van der Waals surface area contributed by atoms with Crippen molar-refractivity contribution in [2.45, 2.75) is 32.7 Å². The topological polar surface area (TPSA) is 38.1 Å². The number of aryl methyl sites for hydroxylation is 2. The molecule has 0 aliphatic heterocycles. The van der Waals surface area contributed by atoms with Gasteiger partial charge in [0.15, 0.2) is 0 Å². The van der Waals surface area contributed by atoms with Crippen molar-refractivity contribution >= 4 is 17.5 Å². The number of rotatable bonds is 4. The second-order valence-electron chi connectivity index (χ2n) is 4.81. The molecule has 1 rings (SSSR count). The highest BCUT2D eigenvalue weighted by molar-refractivity contribution is 6.18. The molecule has 0 aromatic carbocycles. The molecule has 0 saturated carbocycles. The minimum absolute atomic E-state index is 0.0506. The van der Waals surface area contributed by atoms with Crippen molar-refractivity contribution in [3.8, 4) is 0 Å². The maximum absolute atomic E-state index is 12.3. The van der Waals surface area contributed by atoms with Crippen molar-refractivity contribution in [2.75, 3.05) is 12.9 Å². The van der Waals surface area contributed by atoms with Crippen LogP contribution < -0.4 is 0 Å². The fourth-order valence-electron chi connectivity index (χ4n) is 1.44. The van der Waals surface area contributed by atoms with Gasteiger partial charge >= 0.3 is 0 Å². The lowest BCUT2D eigenvalue weighted by molar-refractivity contribution is 0.0649. The van der Waals surface area contributed by atoms with Crippen molar-refractivity contribution in [2.24, 2.45) is 7.05 Å². The molecule has 0 aliphatic rings. The van der Waals surface area contributed by atoms with Gasteiger partial charge in [-0.1, -0.05) is 6.92 Å². The Hall–Kier alpha value is -1.03. The zero-order valence-corrected chi connectivity index (χ0v) is 11.9. The Kier molecular flexibility index (Phi) is 4.20. The van der Waals surface area contributed by atoms with Gasteiger partial charge in [0.2, 0.25) is 0 Å². The molecule has 4 nitrogen and oxygen atoms in total. The molecular formula is C12H20ClN3O. The van der Waals surface area contributed by atoms with Crippen molar-refractivity contribution < 1.29 is 4.79 Å². The Labute approximate surface area is 108 Å². The van der Waals surface area contributed by atoms with Crippen molar-refractivity contribution in [3.63, 3.8) is 0 Å². The van der Waals surface area contributed by atoms with Crippen LogP contribution in [0.1, 0.15) is 37.0 Å². The molecule has 1 aromatic heterocycles. The molecule has 17 heavy (non-hydrogen) atoms. The van der Waals surface area contributed by atoms with Crippen LogP contribution in [0, 0.1) is 0 Å². The van der Waals surface area contributed by atoms with Crippen LogP contribution in [-0.2, 0) is 13.5 Å². The molecule has 0 bridgehead atoms. The standard InChI is InChI=1S/C12H20ClN3O/c1-6-9-7-10(16(5)14-9)11(17)15(4)12(2,3)8-13/h7H,6,8H2,1-5H3. The van der Waals surface area contributed by atoms with Gasteiger partial charge in [0.05, 0.1) is 11.2 Å². The number of nitrogens with zero attached hydrogens (tertiary/aromatic N) is 3. The summed E-state index contributed by atoms with van der Waals surface area (Å²) in [4.78, 5) is 14.0. The summed E-state index contributed by atoms with van der Waals surface area (Å²) >= 11 is 5.88. The van der Waals surface area contributed by atoms with E-state index in [1.807, 2.05) is 26.8 Å². The lowest BCUT2D eigenvalue weighted by Crippen LogP contribution is -2.46. The predicted molar refractivity (Wildman–Crippen MR) is 69.5 cm³/mol. The number of alkyl halides is 1. The highest BCUT2D eigenvalue weighted by atomic mass is 35.5. The minimum atomic E-state index is -0.366. The third-order valence-electron chi connectivity index (χ3n) is 3.05. The summed E-state index contributed by atoms with van der Waals surface area (Å²) in [6.07, 6.45) is 0.823. The van der Waals surface area contributed by atoms with Gasteiger partial charge in [0.1, 0.15) is 5.69 Å². The van der Waals surface area contributed by atoms with Gasteiger partial charge in [-0.25, -0.2) is 0 Å². The molecule has 0 unspecified atom stereocenters. The summed E-state index contributed by atoms with van der Waals surface area (Å²) in [6.45, 7) is 5.90. The third-order valence-corrected chi connectivity index (χ3v) is 3.71. The maximum Gasteiger partial charge on any atom is 0.272 e. The van der Waals surface area contributed by atoms with Crippen LogP contribution >= 0.6 is 11.6 Å². The quantitative estimate of drug-likeness (QED) is 0.775. The van der Waals surface area contributed by atoms with E-state index in [-0.39, 0.29) is 11.4 Å². The Bertz CT molecular complexity index is 412.